The van der Waals surface area contributed by atoms with Crippen LogP contribution in [0.2, 0.25) is 0 Å². The summed E-state index contributed by atoms with van der Waals surface area (Å²) in [6.45, 7) is 1.72. The maximum absolute atomic E-state index is 11.4. The Morgan fingerprint density at radius 3 is 2.50 bits per heavy atom. The Hall–Kier alpha value is -1.27. The van der Waals surface area contributed by atoms with E-state index in [1.807, 2.05) is 6.08 Å². The van der Waals surface area contributed by atoms with Gasteiger partial charge in [0.1, 0.15) is 18.1 Å². The van der Waals surface area contributed by atoms with Gasteiger partial charge in [0.25, 0.3) is 0 Å². The molecule has 0 radical (unpaired) electrons. The number of unbranched alkanes of at least 4 members (excludes halogenated alkanes) is 7. The molecular formula is C17H26O3. The first-order valence-corrected chi connectivity index (χ1v) is 7.65. The first-order chi connectivity index (χ1) is 9.66. The number of carbonyl (C=O) groups excluding carboxylic acids is 1. The van der Waals surface area contributed by atoms with E-state index in [1.54, 1.807) is 13.0 Å². The van der Waals surface area contributed by atoms with Crippen LogP contribution < -0.4 is 0 Å². The van der Waals surface area contributed by atoms with E-state index < -0.39 is 12.0 Å². The zero-order chi connectivity index (χ0) is 14.8. The number of esters is 1. The van der Waals surface area contributed by atoms with Crippen molar-refractivity contribution in [1.29, 1.82) is 0 Å². The van der Waals surface area contributed by atoms with E-state index in [4.69, 9.17) is 11.2 Å². The molecule has 0 aromatic heterocycles. The van der Waals surface area contributed by atoms with Crippen molar-refractivity contribution in [2.45, 2.75) is 70.5 Å². The number of hydrogen-bond acceptors (Lipinski definition) is 3. The van der Waals surface area contributed by atoms with E-state index in [0.717, 1.165) is 25.7 Å². The molecule has 20 heavy (non-hydrogen) atoms. The minimum atomic E-state index is -0.699. The van der Waals surface area contributed by atoms with Gasteiger partial charge in [-0.15, -0.1) is 12.3 Å². The third-order valence-corrected chi connectivity index (χ3v) is 3.71. The highest BCUT2D eigenvalue weighted by Crippen LogP contribution is 2.23. The molecule has 1 heterocycles. The number of carbonyl (C=O) groups is 1. The highest BCUT2D eigenvalue weighted by molar-refractivity contribution is 5.77. The van der Waals surface area contributed by atoms with E-state index in [0.29, 0.717) is 0 Å². The topological polar surface area (TPSA) is 46.5 Å². The lowest BCUT2D eigenvalue weighted by molar-refractivity contribution is -0.142. The van der Waals surface area contributed by atoms with Crippen molar-refractivity contribution < 1.29 is 14.6 Å². The number of hydrogen-bond donors (Lipinski definition) is 1. The third-order valence-electron chi connectivity index (χ3n) is 3.71. The Morgan fingerprint density at radius 2 is 1.90 bits per heavy atom. The van der Waals surface area contributed by atoms with Gasteiger partial charge in [0, 0.05) is 6.42 Å². The zero-order valence-corrected chi connectivity index (χ0v) is 12.4. The van der Waals surface area contributed by atoms with Crippen molar-refractivity contribution >= 4 is 5.97 Å². The fraction of sp³-hybridized carbons (Fsp3) is 0.706. The molecular weight excluding hydrogens is 252 g/mol. The molecule has 0 unspecified atom stereocenters. The summed E-state index contributed by atoms with van der Waals surface area (Å²) in [5, 5.41) is 9.76. The quantitative estimate of drug-likeness (QED) is 0.305. The van der Waals surface area contributed by atoms with Crippen molar-refractivity contribution in [2.24, 2.45) is 5.92 Å². The average molecular weight is 278 g/mol. The van der Waals surface area contributed by atoms with Crippen LogP contribution in [0.5, 0.6) is 0 Å². The second-order valence-electron chi connectivity index (χ2n) is 5.45. The number of terminal acetylenes is 1. The van der Waals surface area contributed by atoms with Gasteiger partial charge < -0.3 is 9.84 Å². The van der Waals surface area contributed by atoms with Gasteiger partial charge in [-0.1, -0.05) is 37.8 Å². The molecule has 1 fully saturated rings. The Labute approximate surface area is 122 Å². The smallest absolute Gasteiger partial charge is 0.315 e. The van der Waals surface area contributed by atoms with E-state index in [2.05, 4.69) is 5.92 Å². The van der Waals surface area contributed by atoms with Crippen molar-refractivity contribution in [3.8, 4) is 12.3 Å². The Morgan fingerprint density at radius 1 is 1.25 bits per heavy atom. The molecule has 0 saturated carbocycles. The van der Waals surface area contributed by atoms with Crippen molar-refractivity contribution in [1.82, 2.24) is 0 Å². The molecule has 0 aliphatic carbocycles. The van der Waals surface area contributed by atoms with Gasteiger partial charge in [-0.3, -0.25) is 4.79 Å². The second kappa shape index (κ2) is 9.61. The van der Waals surface area contributed by atoms with Gasteiger partial charge in [-0.2, -0.15) is 0 Å². The lowest BCUT2D eigenvalue weighted by Crippen LogP contribution is -2.23. The van der Waals surface area contributed by atoms with Gasteiger partial charge in [0.15, 0.2) is 0 Å². The van der Waals surface area contributed by atoms with Crippen LogP contribution in [-0.2, 0) is 9.53 Å². The van der Waals surface area contributed by atoms with E-state index in [9.17, 15) is 9.90 Å². The number of allylic oxidation sites excluding steroid dienone is 1. The second-order valence-corrected chi connectivity index (χ2v) is 5.45. The predicted octanol–water partition coefficient (Wildman–Crippen LogP) is 3.22. The van der Waals surface area contributed by atoms with Gasteiger partial charge in [0.2, 0.25) is 0 Å². The molecule has 0 aromatic rings. The van der Waals surface area contributed by atoms with E-state index in [1.165, 1.54) is 25.7 Å². The molecule has 0 spiro atoms. The first kappa shape index (κ1) is 16.8. The molecule has 0 amide bonds. The van der Waals surface area contributed by atoms with Crippen LogP contribution in [0.15, 0.2) is 12.2 Å². The summed E-state index contributed by atoms with van der Waals surface area (Å²) >= 11 is 0. The van der Waals surface area contributed by atoms with Crippen LogP contribution in [0.4, 0.5) is 0 Å². The summed E-state index contributed by atoms with van der Waals surface area (Å²) in [6.07, 6.45) is 16.9. The molecule has 3 atom stereocenters. The summed E-state index contributed by atoms with van der Waals surface area (Å²) in [7, 11) is 0. The normalized spacial score (nSPS) is 25.9. The lowest BCUT2D eigenvalue weighted by atomic mass is 10.0. The van der Waals surface area contributed by atoms with Crippen LogP contribution in [0.3, 0.4) is 0 Å². The van der Waals surface area contributed by atoms with Gasteiger partial charge in [-0.25, -0.2) is 0 Å². The highest BCUT2D eigenvalue weighted by Gasteiger charge is 2.39. The SMILES string of the molecule is C#CCCCCCCCC/C=C/[C@H]1C(=O)O[C@@H](C)[C@H]1O. The number of aliphatic hydroxyl groups is 1. The van der Waals surface area contributed by atoms with E-state index >= 15 is 0 Å². The molecule has 1 N–H and O–H groups in total. The molecule has 3 nitrogen and oxygen atoms in total. The minimum absolute atomic E-state index is 0.310. The number of ether oxygens (including phenoxy) is 1. The van der Waals surface area contributed by atoms with Gasteiger partial charge >= 0.3 is 5.97 Å². The summed E-state index contributed by atoms with van der Waals surface area (Å²) in [6, 6.07) is 0. The van der Waals surface area contributed by atoms with Crippen LogP contribution in [0.25, 0.3) is 0 Å². The average Bonchev–Trinajstić information content (AvgIpc) is 2.67. The molecule has 1 saturated heterocycles. The van der Waals surface area contributed by atoms with Gasteiger partial charge in [-0.05, 0) is 26.2 Å². The Balaban J connectivity index is 2.02. The van der Waals surface area contributed by atoms with Crippen molar-refractivity contribution in [2.75, 3.05) is 0 Å². The largest absolute Gasteiger partial charge is 0.459 e. The fourth-order valence-electron chi connectivity index (χ4n) is 2.39. The summed E-state index contributed by atoms with van der Waals surface area (Å²) in [5.41, 5.74) is 0. The van der Waals surface area contributed by atoms with Crippen molar-refractivity contribution in [3.63, 3.8) is 0 Å². The van der Waals surface area contributed by atoms with Crippen LogP contribution in [-0.4, -0.2) is 23.3 Å². The predicted molar refractivity (Wildman–Crippen MR) is 80.0 cm³/mol. The Bertz CT molecular complexity index is 354. The molecule has 1 rings (SSSR count). The number of rotatable bonds is 9. The number of aliphatic hydroxyl groups excluding tert-OH is 1. The van der Waals surface area contributed by atoms with Crippen LogP contribution in [0.1, 0.15) is 58.3 Å². The van der Waals surface area contributed by atoms with E-state index in [-0.39, 0.29) is 12.1 Å². The zero-order valence-electron chi connectivity index (χ0n) is 12.4. The third kappa shape index (κ3) is 5.79. The number of cyclic esters (lactones) is 1. The first-order valence-electron chi connectivity index (χ1n) is 7.65. The summed E-state index contributed by atoms with van der Waals surface area (Å²) in [5.74, 6) is 1.87. The Kier molecular flexibility index (Phi) is 8.06. The van der Waals surface area contributed by atoms with Crippen molar-refractivity contribution in [3.05, 3.63) is 12.2 Å². The standard InChI is InChI=1S/C17H26O3/c1-3-4-5-6-7-8-9-10-11-12-13-15-16(18)14(2)20-17(15)19/h1,12-16,18H,4-11H2,2H3/b13-12+/t14-,15+,16+/m0/s1. The highest BCUT2D eigenvalue weighted by atomic mass is 16.6. The monoisotopic (exact) mass is 278 g/mol. The minimum Gasteiger partial charge on any atom is -0.459 e. The summed E-state index contributed by atoms with van der Waals surface area (Å²) < 4.78 is 4.97. The maximum Gasteiger partial charge on any atom is 0.315 e. The van der Waals surface area contributed by atoms with Crippen LogP contribution >= 0.6 is 0 Å². The summed E-state index contributed by atoms with van der Waals surface area (Å²) in [4.78, 5) is 11.4. The fourth-order valence-corrected chi connectivity index (χ4v) is 2.39. The molecule has 1 aliphatic rings. The molecule has 3 heteroatoms. The molecule has 1 aliphatic heterocycles. The molecule has 0 bridgehead atoms. The maximum atomic E-state index is 11.4. The van der Waals surface area contributed by atoms with Crippen LogP contribution in [0, 0.1) is 18.3 Å². The molecule has 112 valence electrons. The lowest BCUT2D eigenvalue weighted by Gasteiger charge is -2.07. The molecule has 0 aromatic carbocycles. The van der Waals surface area contributed by atoms with Gasteiger partial charge in [0.05, 0.1) is 0 Å².